The van der Waals surface area contributed by atoms with Gasteiger partial charge < -0.3 is 5.32 Å². The Hall–Kier alpha value is -1.03. The van der Waals surface area contributed by atoms with Crippen molar-refractivity contribution in [3.05, 3.63) is 21.6 Å². The zero-order chi connectivity index (χ0) is 13.1. The van der Waals surface area contributed by atoms with Crippen molar-refractivity contribution in [2.75, 3.05) is 11.9 Å². The quantitative estimate of drug-likeness (QED) is 0.914. The smallest absolute Gasteiger partial charge is 0.287 e. The Morgan fingerprint density at radius 3 is 2.78 bits per heavy atom. The molecule has 0 radical (unpaired) electrons. The molecule has 1 aromatic rings. The molecule has 18 heavy (non-hydrogen) atoms. The lowest BCUT2D eigenvalue weighted by molar-refractivity contribution is 0.502. The maximum atomic E-state index is 12.0. The zero-order valence-corrected chi connectivity index (χ0v) is 11.7. The van der Waals surface area contributed by atoms with Gasteiger partial charge in [0.05, 0.1) is 17.9 Å². The Morgan fingerprint density at radius 1 is 1.50 bits per heavy atom. The highest BCUT2D eigenvalue weighted by molar-refractivity contribution is 6.32. The molecule has 1 N–H and O–H groups in total. The molecule has 1 aliphatic rings. The van der Waals surface area contributed by atoms with Gasteiger partial charge in [-0.1, -0.05) is 24.4 Å². The van der Waals surface area contributed by atoms with E-state index in [0.29, 0.717) is 11.6 Å². The van der Waals surface area contributed by atoms with Crippen LogP contribution in [0.5, 0.6) is 0 Å². The van der Waals surface area contributed by atoms with Crippen molar-refractivity contribution in [1.29, 1.82) is 0 Å². The van der Waals surface area contributed by atoms with Crippen LogP contribution in [0, 0.1) is 5.92 Å². The highest BCUT2D eigenvalue weighted by atomic mass is 35.5. The van der Waals surface area contributed by atoms with E-state index in [2.05, 4.69) is 10.4 Å². The number of halogens is 1. The van der Waals surface area contributed by atoms with E-state index in [1.165, 1.54) is 30.4 Å². The van der Waals surface area contributed by atoms with E-state index in [0.717, 1.165) is 6.54 Å². The van der Waals surface area contributed by atoms with Gasteiger partial charge in [0.2, 0.25) is 0 Å². The first-order valence-corrected chi connectivity index (χ1v) is 6.98. The molecule has 0 amide bonds. The Bertz CT molecular complexity index is 464. The number of rotatable bonds is 4. The molecule has 0 saturated heterocycles. The van der Waals surface area contributed by atoms with Gasteiger partial charge in [-0.2, -0.15) is 5.10 Å². The van der Waals surface area contributed by atoms with Crippen LogP contribution in [-0.4, -0.2) is 16.3 Å². The van der Waals surface area contributed by atoms with E-state index in [4.69, 9.17) is 11.6 Å². The van der Waals surface area contributed by atoms with E-state index in [-0.39, 0.29) is 16.6 Å². The monoisotopic (exact) mass is 269 g/mol. The number of hydrogen-bond acceptors (Lipinski definition) is 3. The fourth-order valence-corrected chi connectivity index (χ4v) is 2.61. The second kappa shape index (κ2) is 5.74. The van der Waals surface area contributed by atoms with Crippen molar-refractivity contribution in [3.8, 4) is 0 Å². The van der Waals surface area contributed by atoms with Crippen LogP contribution in [-0.2, 0) is 0 Å². The molecule has 0 unspecified atom stereocenters. The fourth-order valence-electron chi connectivity index (χ4n) is 2.40. The molecule has 2 rings (SSSR count). The summed E-state index contributed by atoms with van der Waals surface area (Å²) in [5.74, 6) is 0.702. The fraction of sp³-hybridized carbons (Fsp3) is 0.692. The minimum Gasteiger partial charge on any atom is -0.382 e. The number of nitrogens with zero attached hydrogens (tertiary/aromatic N) is 2. The average molecular weight is 270 g/mol. The molecule has 0 atom stereocenters. The van der Waals surface area contributed by atoms with Gasteiger partial charge in [-0.3, -0.25) is 4.79 Å². The second-order valence-corrected chi connectivity index (χ2v) is 5.63. The average Bonchev–Trinajstić information content (AvgIpc) is 2.83. The summed E-state index contributed by atoms with van der Waals surface area (Å²) in [4.78, 5) is 12.0. The summed E-state index contributed by atoms with van der Waals surface area (Å²) < 4.78 is 1.41. The lowest BCUT2D eigenvalue weighted by Crippen LogP contribution is -2.26. The van der Waals surface area contributed by atoms with Gasteiger partial charge in [0.25, 0.3) is 5.56 Å². The summed E-state index contributed by atoms with van der Waals surface area (Å²) in [6, 6.07) is 0.0267. The molecule has 4 nitrogen and oxygen atoms in total. The first-order valence-electron chi connectivity index (χ1n) is 6.60. The van der Waals surface area contributed by atoms with Gasteiger partial charge in [0.15, 0.2) is 0 Å². The Labute approximate surface area is 112 Å². The maximum Gasteiger partial charge on any atom is 0.287 e. The van der Waals surface area contributed by atoms with Crippen LogP contribution in [0.1, 0.15) is 45.6 Å². The molecule has 0 aliphatic heterocycles. The van der Waals surface area contributed by atoms with Crippen molar-refractivity contribution in [1.82, 2.24) is 9.78 Å². The zero-order valence-electron chi connectivity index (χ0n) is 10.9. The molecular weight excluding hydrogens is 250 g/mol. The molecule has 1 aromatic heterocycles. The minimum absolute atomic E-state index is 0.0267. The molecule has 0 bridgehead atoms. The summed E-state index contributed by atoms with van der Waals surface area (Å²) in [5, 5.41) is 7.64. The number of nitrogens with one attached hydrogen (secondary N) is 1. The lowest BCUT2D eigenvalue weighted by atomic mass is 10.1. The first kappa shape index (κ1) is 13.4. The summed E-state index contributed by atoms with van der Waals surface area (Å²) in [6.07, 6.45) is 6.81. The second-order valence-electron chi connectivity index (χ2n) is 5.25. The molecule has 1 aliphatic carbocycles. The summed E-state index contributed by atoms with van der Waals surface area (Å²) in [6.45, 7) is 4.71. The standard InChI is InChI=1S/C13H20ClN3O/c1-9(2)17-13(18)12(14)11(8-16-17)15-7-10-5-3-4-6-10/h8-10,15H,3-7H2,1-2H3. The van der Waals surface area contributed by atoms with Crippen LogP contribution in [0.2, 0.25) is 5.02 Å². The van der Waals surface area contributed by atoms with E-state index in [1.807, 2.05) is 13.8 Å². The SMILES string of the molecule is CC(C)n1ncc(NCC2CCCC2)c(Cl)c1=O. The molecule has 0 aromatic carbocycles. The highest BCUT2D eigenvalue weighted by Gasteiger charge is 2.16. The van der Waals surface area contributed by atoms with Crippen LogP contribution in [0.15, 0.2) is 11.0 Å². The molecule has 1 saturated carbocycles. The molecule has 1 heterocycles. The maximum absolute atomic E-state index is 12.0. The van der Waals surface area contributed by atoms with Gasteiger partial charge in [0.1, 0.15) is 5.02 Å². The van der Waals surface area contributed by atoms with Gasteiger partial charge in [-0.25, -0.2) is 4.68 Å². The topological polar surface area (TPSA) is 46.9 Å². The van der Waals surface area contributed by atoms with Gasteiger partial charge in [-0.05, 0) is 32.6 Å². The third-order valence-electron chi connectivity index (χ3n) is 3.49. The van der Waals surface area contributed by atoms with Gasteiger partial charge >= 0.3 is 0 Å². The third-order valence-corrected chi connectivity index (χ3v) is 3.85. The molecule has 0 spiro atoms. The number of anilines is 1. The molecule has 100 valence electrons. The third kappa shape index (κ3) is 2.86. The highest BCUT2D eigenvalue weighted by Crippen LogP contribution is 2.25. The van der Waals surface area contributed by atoms with E-state index >= 15 is 0 Å². The summed E-state index contributed by atoms with van der Waals surface area (Å²) >= 11 is 6.09. The first-order chi connectivity index (χ1) is 8.59. The molecular formula is C13H20ClN3O. The van der Waals surface area contributed by atoms with Crippen LogP contribution in [0.25, 0.3) is 0 Å². The predicted octanol–water partition coefficient (Wildman–Crippen LogP) is 3.08. The van der Waals surface area contributed by atoms with Crippen LogP contribution in [0.3, 0.4) is 0 Å². The molecule has 5 heteroatoms. The summed E-state index contributed by atoms with van der Waals surface area (Å²) in [7, 11) is 0. The minimum atomic E-state index is -0.219. The Kier molecular flexibility index (Phi) is 4.27. The number of aromatic nitrogens is 2. The van der Waals surface area contributed by atoms with Crippen molar-refractivity contribution in [2.45, 2.75) is 45.6 Å². The van der Waals surface area contributed by atoms with E-state index in [1.54, 1.807) is 6.20 Å². The van der Waals surface area contributed by atoms with Gasteiger partial charge in [-0.15, -0.1) is 0 Å². The van der Waals surface area contributed by atoms with Crippen LogP contribution >= 0.6 is 11.6 Å². The van der Waals surface area contributed by atoms with E-state index in [9.17, 15) is 4.79 Å². The van der Waals surface area contributed by atoms with Gasteiger partial charge in [0, 0.05) is 6.54 Å². The molecule has 1 fully saturated rings. The Morgan fingerprint density at radius 2 is 2.17 bits per heavy atom. The number of hydrogen-bond donors (Lipinski definition) is 1. The normalized spacial score (nSPS) is 16.4. The van der Waals surface area contributed by atoms with Crippen molar-refractivity contribution in [3.63, 3.8) is 0 Å². The van der Waals surface area contributed by atoms with E-state index < -0.39 is 0 Å². The van der Waals surface area contributed by atoms with Crippen LogP contribution in [0.4, 0.5) is 5.69 Å². The van der Waals surface area contributed by atoms with Crippen molar-refractivity contribution in [2.24, 2.45) is 5.92 Å². The van der Waals surface area contributed by atoms with Crippen molar-refractivity contribution < 1.29 is 0 Å². The largest absolute Gasteiger partial charge is 0.382 e. The summed E-state index contributed by atoms with van der Waals surface area (Å²) in [5.41, 5.74) is 0.438. The Balaban J connectivity index is 2.09. The lowest BCUT2D eigenvalue weighted by Gasteiger charge is -2.14. The predicted molar refractivity (Wildman–Crippen MR) is 74.3 cm³/mol. The van der Waals surface area contributed by atoms with Crippen LogP contribution < -0.4 is 10.9 Å². The van der Waals surface area contributed by atoms with Crippen molar-refractivity contribution >= 4 is 17.3 Å².